The number of hydrogen-bond donors (Lipinski definition) is 0. The van der Waals surface area contributed by atoms with E-state index in [1.807, 2.05) is 66.7 Å². The Labute approximate surface area is 193 Å². The fraction of sp³-hybridized carbons (Fsp3) is 0.154. The SMILES string of the molecule is CC(=O)c1c(-c2ccccc2)c2cc(Br)ccc2c(=O)n1Cc1ccc(C(C)N=O)cc1. The van der Waals surface area contributed by atoms with Gasteiger partial charge in [0, 0.05) is 22.3 Å². The quantitative estimate of drug-likeness (QED) is 0.229. The van der Waals surface area contributed by atoms with Crippen LogP contribution in [0.2, 0.25) is 0 Å². The lowest BCUT2D eigenvalue weighted by Crippen LogP contribution is -2.27. The molecule has 0 spiro atoms. The zero-order valence-corrected chi connectivity index (χ0v) is 19.3. The standard InChI is InChI=1S/C26H21BrN2O3/c1-16(28-32)19-10-8-18(9-11-19)15-29-25(17(2)30)24(20-6-4-3-5-7-20)23-14-21(27)12-13-22(23)26(29)31/h3-14,16H,15H2,1-2H3. The highest BCUT2D eigenvalue weighted by Crippen LogP contribution is 2.33. The number of nitrogens with zero attached hydrogens (tertiary/aromatic N) is 2. The Morgan fingerprint density at radius 3 is 2.31 bits per heavy atom. The summed E-state index contributed by atoms with van der Waals surface area (Å²) >= 11 is 3.50. The summed E-state index contributed by atoms with van der Waals surface area (Å²) in [5.74, 6) is -0.182. The first kappa shape index (κ1) is 21.8. The van der Waals surface area contributed by atoms with Crippen LogP contribution in [-0.2, 0) is 6.54 Å². The van der Waals surface area contributed by atoms with E-state index in [0.717, 1.165) is 32.1 Å². The van der Waals surface area contributed by atoms with Gasteiger partial charge in [0.15, 0.2) is 5.78 Å². The average molecular weight is 489 g/mol. The maximum Gasteiger partial charge on any atom is 0.259 e. The van der Waals surface area contributed by atoms with Gasteiger partial charge in [0.05, 0.1) is 12.2 Å². The van der Waals surface area contributed by atoms with Crippen molar-refractivity contribution in [2.75, 3.05) is 0 Å². The summed E-state index contributed by atoms with van der Waals surface area (Å²) in [5.41, 5.74) is 3.42. The van der Waals surface area contributed by atoms with Crippen LogP contribution in [0.1, 0.15) is 41.5 Å². The van der Waals surface area contributed by atoms with Crippen molar-refractivity contribution in [3.63, 3.8) is 0 Å². The maximum atomic E-state index is 13.5. The molecule has 1 aromatic heterocycles. The Bertz CT molecular complexity index is 1380. The topological polar surface area (TPSA) is 68.5 Å². The summed E-state index contributed by atoms with van der Waals surface area (Å²) in [6.45, 7) is 3.46. The van der Waals surface area contributed by atoms with Crippen LogP contribution in [0.25, 0.3) is 21.9 Å². The minimum atomic E-state index is -0.441. The Morgan fingerprint density at radius 1 is 1.00 bits per heavy atom. The molecule has 0 N–H and O–H groups in total. The van der Waals surface area contributed by atoms with Crippen LogP contribution >= 0.6 is 15.9 Å². The Balaban J connectivity index is 1.98. The van der Waals surface area contributed by atoms with Crippen molar-refractivity contribution in [2.45, 2.75) is 26.4 Å². The van der Waals surface area contributed by atoms with E-state index in [-0.39, 0.29) is 17.9 Å². The first-order valence-electron chi connectivity index (χ1n) is 10.2. The number of Topliss-reactive ketones (excluding diaryl/α,β-unsaturated/α-hetero) is 1. The average Bonchev–Trinajstić information content (AvgIpc) is 2.80. The number of rotatable bonds is 6. The number of fused-ring (bicyclic) bond motifs is 1. The molecule has 1 unspecified atom stereocenters. The summed E-state index contributed by atoms with van der Waals surface area (Å²) in [6.07, 6.45) is 0. The van der Waals surface area contributed by atoms with Crippen LogP contribution in [0.3, 0.4) is 0 Å². The monoisotopic (exact) mass is 488 g/mol. The molecule has 0 bridgehead atoms. The van der Waals surface area contributed by atoms with Crippen LogP contribution in [0.15, 0.2) is 87.2 Å². The van der Waals surface area contributed by atoms with Crippen molar-refractivity contribution in [2.24, 2.45) is 5.18 Å². The van der Waals surface area contributed by atoms with Gasteiger partial charge >= 0.3 is 0 Å². The highest BCUT2D eigenvalue weighted by Gasteiger charge is 2.21. The van der Waals surface area contributed by atoms with E-state index in [4.69, 9.17) is 0 Å². The molecule has 0 aliphatic carbocycles. The number of carbonyl (C=O) groups excluding carboxylic acids is 1. The summed E-state index contributed by atoms with van der Waals surface area (Å²) in [5, 5.41) is 4.34. The molecule has 4 aromatic rings. The second-order valence-corrected chi connectivity index (χ2v) is 8.67. The number of pyridine rings is 1. The number of halogens is 1. The second-order valence-electron chi connectivity index (χ2n) is 7.75. The van der Waals surface area contributed by atoms with E-state index >= 15 is 0 Å². The molecule has 0 aliphatic heterocycles. The third-order valence-electron chi connectivity index (χ3n) is 5.59. The van der Waals surface area contributed by atoms with Gasteiger partial charge in [-0.3, -0.25) is 14.2 Å². The predicted molar refractivity (Wildman–Crippen MR) is 131 cm³/mol. The van der Waals surface area contributed by atoms with Gasteiger partial charge in [-0.15, -0.1) is 0 Å². The highest BCUT2D eigenvalue weighted by molar-refractivity contribution is 9.10. The number of nitroso groups, excluding NO2 is 1. The van der Waals surface area contributed by atoms with Crippen LogP contribution in [-0.4, -0.2) is 10.4 Å². The molecular weight excluding hydrogens is 468 g/mol. The van der Waals surface area contributed by atoms with Crippen LogP contribution in [0.4, 0.5) is 0 Å². The molecule has 0 amide bonds. The highest BCUT2D eigenvalue weighted by atomic mass is 79.9. The lowest BCUT2D eigenvalue weighted by molar-refractivity contribution is 0.100. The minimum Gasteiger partial charge on any atom is -0.300 e. The van der Waals surface area contributed by atoms with E-state index in [0.29, 0.717) is 11.1 Å². The Hall–Kier alpha value is -3.38. The van der Waals surface area contributed by atoms with Gasteiger partial charge in [-0.25, -0.2) is 0 Å². The molecular formula is C26H21BrN2O3. The van der Waals surface area contributed by atoms with Gasteiger partial charge in [-0.05, 0) is 47.2 Å². The fourth-order valence-corrected chi connectivity index (χ4v) is 4.34. The van der Waals surface area contributed by atoms with Crippen LogP contribution < -0.4 is 5.56 Å². The molecule has 0 saturated heterocycles. The van der Waals surface area contributed by atoms with Crippen molar-refractivity contribution in [3.05, 3.63) is 109 Å². The summed E-state index contributed by atoms with van der Waals surface area (Å²) in [7, 11) is 0. The van der Waals surface area contributed by atoms with Crippen molar-refractivity contribution < 1.29 is 4.79 Å². The smallest absolute Gasteiger partial charge is 0.259 e. The van der Waals surface area contributed by atoms with E-state index in [2.05, 4.69) is 21.1 Å². The van der Waals surface area contributed by atoms with Crippen molar-refractivity contribution in [1.29, 1.82) is 0 Å². The van der Waals surface area contributed by atoms with Crippen molar-refractivity contribution in [3.8, 4) is 11.1 Å². The van der Waals surface area contributed by atoms with E-state index < -0.39 is 6.04 Å². The number of carbonyl (C=O) groups is 1. The van der Waals surface area contributed by atoms with Crippen molar-refractivity contribution in [1.82, 2.24) is 4.57 Å². The normalized spacial score (nSPS) is 12.0. The molecule has 1 atom stereocenters. The van der Waals surface area contributed by atoms with Gasteiger partial charge < -0.3 is 0 Å². The lowest BCUT2D eigenvalue weighted by Gasteiger charge is -2.19. The minimum absolute atomic E-state index is 0.182. The molecule has 6 heteroatoms. The summed E-state index contributed by atoms with van der Waals surface area (Å²) < 4.78 is 2.39. The third-order valence-corrected chi connectivity index (χ3v) is 6.08. The van der Waals surface area contributed by atoms with Crippen molar-refractivity contribution >= 4 is 32.5 Å². The molecule has 0 radical (unpaired) electrons. The second kappa shape index (κ2) is 9.01. The van der Waals surface area contributed by atoms with E-state index in [9.17, 15) is 14.5 Å². The summed E-state index contributed by atoms with van der Waals surface area (Å²) in [6, 6.07) is 22.1. The fourth-order valence-electron chi connectivity index (χ4n) is 3.98. The van der Waals surface area contributed by atoms with Gasteiger partial charge in [-0.1, -0.05) is 75.7 Å². The first-order chi connectivity index (χ1) is 15.4. The van der Waals surface area contributed by atoms with Gasteiger partial charge in [0.25, 0.3) is 5.56 Å². The molecule has 0 fully saturated rings. The zero-order valence-electron chi connectivity index (χ0n) is 17.7. The lowest BCUT2D eigenvalue weighted by atomic mass is 9.95. The number of benzene rings is 3. The third kappa shape index (κ3) is 4.06. The molecule has 4 rings (SSSR count). The number of ketones is 1. The van der Waals surface area contributed by atoms with Gasteiger partial charge in [0.2, 0.25) is 0 Å². The number of aromatic nitrogens is 1. The largest absolute Gasteiger partial charge is 0.300 e. The molecule has 0 saturated carbocycles. The summed E-state index contributed by atoms with van der Waals surface area (Å²) in [4.78, 5) is 37.2. The predicted octanol–water partition coefficient (Wildman–Crippen LogP) is 6.51. The Morgan fingerprint density at radius 2 is 1.69 bits per heavy atom. The molecule has 3 aromatic carbocycles. The molecule has 160 valence electrons. The molecule has 1 heterocycles. The van der Waals surface area contributed by atoms with Gasteiger partial charge in [0.1, 0.15) is 6.04 Å². The number of hydrogen-bond acceptors (Lipinski definition) is 4. The van der Waals surface area contributed by atoms with Gasteiger partial charge in [-0.2, -0.15) is 4.91 Å². The first-order valence-corrected chi connectivity index (χ1v) is 11.0. The Kier molecular flexibility index (Phi) is 6.15. The zero-order chi connectivity index (χ0) is 22.8. The van der Waals surface area contributed by atoms with E-state index in [1.165, 1.54) is 6.92 Å². The molecule has 32 heavy (non-hydrogen) atoms. The molecule has 5 nitrogen and oxygen atoms in total. The van der Waals surface area contributed by atoms with E-state index in [1.54, 1.807) is 17.6 Å². The molecule has 0 aliphatic rings. The van der Waals surface area contributed by atoms with Crippen LogP contribution in [0, 0.1) is 4.91 Å². The maximum absolute atomic E-state index is 13.5. The van der Waals surface area contributed by atoms with Crippen LogP contribution in [0.5, 0.6) is 0 Å².